The van der Waals surface area contributed by atoms with Gasteiger partial charge in [-0.2, -0.15) is 0 Å². The molecular formula is C30H47KO3S. The predicted molar refractivity (Wildman–Crippen MR) is 145 cm³/mol. The fourth-order valence-corrected chi connectivity index (χ4v) is 5.66. The van der Waals surface area contributed by atoms with Gasteiger partial charge in [0.25, 0.3) is 0 Å². The Morgan fingerprint density at radius 1 is 0.629 bits per heavy atom. The van der Waals surface area contributed by atoms with Crippen molar-refractivity contribution < 1.29 is 64.4 Å². The summed E-state index contributed by atoms with van der Waals surface area (Å²) in [4.78, 5) is -0.0826. The second-order valence-electron chi connectivity index (χ2n) is 10.0. The Kier molecular flexibility index (Phi) is 18.4. The van der Waals surface area contributed by atoms with Gasteiger partial charge in [0.2, 0.25) is 0 Å². The molecule has 0 aliphatic carbocycles. The van der Waals surface area contributed by atoms with E-state index >= 15 is 0 Å². The molecule has 0 radical (unpaired) electrons. The standard InChI is InChI=1S/C30H48O3S.K/c1-3-5-7-9-11-13-15-17-20-26-24-28-22-19-23-30(34(31,32)33)29(28)25-27(26)21-18-16-14-12-10-8-6-4-2;/h19,22-25H,3-18,20-21H2,1-2H3,(H,31,32,33);/q;+1/p-1. The average Bonchev–Trinajstić information content (AvgIpc) is 2.81. The Morgan fingerprint density at radius 2 is 1.06 bits per heavy atom. The van der Waals surface area contributed by atoms with Crippen LogP contribution in [0, 0.1) is 0 Å². The van der Waals surface area contributed by atoms with Gasteiger partial charge in [-0.15, -0.1) is 0 Å². The van der Waals surface area contributed by atoms with E-state index in [-0.39, 0.29) is 56.3 Å². The smallest absolute Gasteiger partial charge is 0.744 e. The molecule has 0 saturated heterocycles. The number of hydrogen-bond acceptors (Lipinski definition) is 3. The van der Waals surface area contributed by atoms with Gasteiger partial charge in [0, 0.05) is 0 Å². The van der Waals surface area contributed by atoms with Crippen molar-refractivity contribution in [3.05, 3.63) is 41.5 Å². The molecule has 0 heterocycles. The molecule has 0 spiro atoms. The first-order valence-electron chi connectivity index (χ1n) is 14.0. The Morgan fingerprint density at radius 3 is 1.51 bits per heavy atom. The van der Waals surface area contributed by atoms with Crippen molar-refractivity contribution in [2.24, 2.45) is 0 Å². The molecule has 0 amide bonds. The maximum Gasteiger partial charge on any atom is 1.00 e. The molecule has 0 aliphatic heterocycles. The minimum absolute atomic E-state index is 0. The van der Waals surface area contributed by atoms with Crippen molar-refractivity contribution in [3.8, 4) is 0 Å². The van der Waals surface area contributed by atoms with Crippen molar-refractivity contribution in [1.82, 2.24) is 0 Å². The van der Waals surface area contributed by atoms with E-state index in [1.807, 2.05) is 12.1 Å². The summed E-state index contributed by atoms with van der Waals surface area (Å²) in [6, 6.07) is 9.21. The van der Waals surface area contributed by atoms with Gasteiger partial charge in [-0.05, 0) is 59.7 Å². The Labute approximate surface area is 258 Å². The zero-order valence-electron chi connectivity index (χ0n) is 22.7. The van der Waals surface area contributed by atoms with Crippen LogP contribution in [0.3, 0.4) is 0 Å². The minimum atomic E-state index is -4.48. The van der Waals surface area contributed by atoms with Crippen LogP contribution >= 0.6 is 0 Å². The van der Waals surface area contributed by atoms with Crippen LogP contribution in [-0.4, -0.2) is 13.0 Å². The van der Waals surface area contributed by atoms with Gasteiger partial charge in [0.05, 0.1) is 4.90 Å². The van der Waals surface area contributed by atoms with Crippen molar-refractivity contribution >= 4 is 20.9 Å². The Hall–Kier alpha value is 0.246. The predicted octanol–water partition coefficient (Wildman–Crippen LogP) is 6.11. The quantitative estimate of drug-likeness (QED) is 0.126. The molecule has 0 bridgehead atoms. The van der Waals surface area contributed by atoms with E-state index in [1.54, 1.807) is 6.07 Å². The monoisotopic (exact) mass is 526 g/mol. The number of rotatable bonds is 19. The minimum Gasteiger partial charge on any atom is -0.744 e. The van der Waals surface area contributed by atoms with Crippen LogP contribution in [0.5, 0.6) is 0 Å². The number of unbranched alkanes of at least 4 members (excludes halogenated alkanes) is 14. The van der Waals surface area contributed by atoms with Crippen molar-refractivity contribution in [2.45, 2.75) is 134 Å². The third kappa shape index (κ3) is 13.0. The summed E-state index contributed by atoms with van der Waals surface area (Å²) in [5.74, 6) is 0. The first kappa shape index (κ1) is 33.3. The molecule has 5 heteroatoms. The number of benzene rings is 2. The van der Waals surface area contributed by atoms with E-state index in [0.717, 1.165) is 24.6 Å². The molecule has 0 N–H and O–H groups in total. The summed E-state index contributed by atoms with van der Waals surface area (Å²) < 4.78 is 35.5. The molecule has 2 aromatic rings. The largest absolute Gasteiger partial charge is 1.00 e. The molecule has 2 aromatic carbocycles. The second-order valence-corrected chi connectivity index (χ2v) is 11.4. The number of hydrogen-bond donors (Lipinski definition) is 0. The van der Waals surface area contributed by atoms with Crippen LogP contribution in [0.4, 0.5) is 0 Å². The summed E-state index contributed by atoms with van der Waals surface area (Å²) in [6.45, 7) is 4.50. The van der Waals surface area contributed by atoms with Gasteiger partial charge >= 0.3 is 51.4 Å². The maximum absolute atomic E-state index is 11.8. The fourth-order valence-electron chi connectivity index (χ4n) is 4.97. The van der Waals surface area contributed by atoms with Crippen molar-refractivity contribution in [2.75, 3.05) is 0 Å². The van der Waals surface area contributed by atoms with Crippen LogP contribution in [0.2, 0.25) is 0 Å². The van der Waals surface area contributed by atoms with E-state index in [9.17, 15) is 13.0 Å². The molecule has 0 saturated carbocycles. The molecule has 0 fully saturated rings. The average molecular weight is 527 g/mol. The van der Waals surface area contributed by atoms with Crippen LogP contribution in [0.25, 0.3) is 10.8 Å². The van der Waals surface area contributed by atoms with Crippen LogP contribution in [-0.2, 0) is 23.0 Å². The molecule has 0 aliphatic rings. The summed E-state index contributed by atoms with van der Waals surface area (Å²) in [5, 5.41) is 1.46. The van der Waals surface area contributed by atoms with E-state index in [1.165, 1.54) is 114 Å². The molecular weight excluding hydrogens is 479 g/mol. The topological polar surface area (TPSA) is 57.2 Å². The molecule has 3 nitrogen and oxygen atoms in total. The Bertz CT molecular complexity index is 940. The van der Waals surface area contributed by atoms with Crippen LogP contribution < -0.4 is 51.4 Å². The number of fused-ring (bicyclic) bond motifs is 1. The normalized spacial score (nSPS) is 11.6. The van der Waals surface area contributed by atoms with Crippen LogP contribution in [0.1, 0.15) is 128 Å². The molecule has 0 aromatic heterocycles. The SMILES string of the molecule is CCCCCCCCCCc1cc2cccc(S(=O)(=O)[O-])c2cc1CCCCCCCCCC.[K+]. The maximum atomic E-state index is 11.8. The Balaban J connectivity index is 0.00000612. The zero-order valence-corrected chi connectivity index (χ0v) is 26.7. The summed E-state index contributed by atoms with van der Waals surface area (Å²) >= 11 is 0. The van der Waals surface area contributed by atoms with Gasteiger partial charge in [-0.1, -0.05) is 122 Å². The third-order valence-electron chi connectivity index (χ3n) is 7.03. The summed E-state index contributed by atoms with van der Waals surface area (Å²) in [6.07, 6.45) is 22.6. The fraction of sp³-hybridized carbons (Fsp3) is 0.667. The zero-order chi connectivity index (χ0) is 24.7. The van der Waals surface area contributed by atoms with Crippen molar-refractivity contribution in [1.29, 1.82) is 0 Å². The molecule has 0 atom stereocenters. The third-order valence-corrected chi connectivity index (χ3v) is 7.92. The van der Waals surface area contributed by atoms with Gasteiger partial charge in [0.1, 0.15) is 10.1 Å². The van der Waals surface area contributed by atoms with E-state index < -0.39 is 10.1 Å². The molecule has 35 heavy (non-hydrogen) atoms. The van der Waals surface area contributed by atoms with E-state index in [2.05, 4.69) is 19.9 Å². The molecule has 192 valence electrons. The van der Waals surface area contributed by atoms with Crippen LogP contribution in [0.15, 0.2) is 35.2 Å². The summed E-state index contributed by atoms with van der Waals surface area (Å²) in [7, 11) is -4.48. The van der Waals surface area contributed by atoms with Crippen molar-refractivity contribution in [3.63, 3.8) is 0 Å². The van der Waals surface area contributed by atoms with E-state index in [4.69, 9.17) is 0 Å². The van der Waals surface area contributed by atoms with Gasteiger partial charge in [-0.3, -0.25) is 0 Å². The van der Waals surface area contributed by atoms with Gasteiger partial charge in [-0.25, -0.2) is 8.42 Å². The first-order valence-corrected chi connectivity index (χ1v) is 15.4. The number of aryl methyl sites for hydroxylation is 2. The molecule has 2 rings (SSSR count). The first-order chi connectivity index (χ1) is 16.5. The van der Waals surface area contributed by atoms with Gasteiger partial charge in [0.15, 0.2) is 0 Å². The summed E-state index contributed by atoms with van der Waals surface area (Å²) in [5.41, 5.74) is 2.57. The van der Waals surface area contributed by atoms with Gasteiger partial charge < -0.3 is 4.55 Å². The molecule has 0 unspecified atom stereocenters. The second kappa shape index (κ2) is 19.3. The van der Waals surface area contributed by atoms with E-state index in [0.29, 0.717) is 5.39 Å².